The van der Waals surface area contributed by atoms with Crippen LogP contribution in [0.2, 0.25) is 0 Å². The van der Waals surface area contributed by atoms with E-state index < -0.39 is 6.10 Å². The van der Waals surface area contributed by atoms with Crippen LogP contribution in [0.4, 0.5) is 0 Å². The normalized spacial score (nSPS) is 12.7. The average molecular weight is 203 g/mol. The molecule has 0 amide bonds. The molecule has 0 fully saturated rings. The first-order chi connectivity index (χ1) is 7.25. The number of hydrogen-bond acceptors (Lipinski definition) is 3. The second kappa shape index (κ2) is 4.28. The Morgan fingerprint density at radius 2 is 2.00 bits per heavy atom. The third-order valence-electron chi connectivity index (χ3n) is 2.27. The van der Waals surface area contributed by atoms with Crippen molar-refractivity contribution in [2.45, 2.75) is 19.4 Å². The van der Waals surface area contributed by atoms with Gasteiger partial charge in [0.25, 0.3) is 0 Å². The lowest BCUT2D eigenvalue weighted by Crippen LogP contribution is -2.00. The third-order valence-corrected chi connectivity index (χ3v) is 2.27. The molecule has 1 atom stereocenters. The summed E-state index contributed by atoms with van der Waals surface area (Å²) in [5, 5.41) is 9.87. The van der Waals surface area contributed by atoms with E-state index in [4.69, 9.17) is 4.42 Å². The van der Waals surface area contributed by atoms with E-state index >= 15 is 0 Å². The molecule has 0 aliphatic rings. The number of furan rings is 1. The number of hydrogen-bond donors (Lipinski definition) is 1. The molecule has 2 aromatic heterocycles. The van der Waals surface area contributed by atoms with E-state index in [0.29, 0.717) is 12.2 Å². The lowest BCUT2D eigenvalue weighted by molar-refractivity contribution is 0.149. The monoisotopic (exact) mass is 203 g/mol. The lowest BCUT2D eigenvalue weighted by Gasteiger charge is -2.07. The van der Waals surface area contributed by atoms with E-state index in [2.05, 4.69) is 4.98 Å². The summed E-state index contributed by atoms with van der Waals surface area (Å²) in [6.45, 7) is 1.86. The van der Waals surface area contributed by atoms with Gasteiger partial charge in [0, 0.05) is 18.8 Å². The Morgan fingerprint density at radius 1 is 1.27 bits per heavy atom. The van der Waals surface area contributed by atoms with E-state index in [1.807, 2.05) is 25.1 Å². The third kappa shape index (κ3) is 2.44. The van der Waals surface area contributed by atoms with Gasteiger partial charge in [0.05, 0.1) is 0 Å². The van der Waals surface area contributed by atoms with Crippen LogP contribution >= 0.6 is 0 Å². The highest BCUT2D eigenvalue weighted by Gasteiger charge is 2.11. The van der Waals surface area contributed by atoms with Gasteiger partial charge in [0.1, 0.15) is 17.6 Å². The largest absolute Gasteiger partial charge is 0.464 e. The van der Waals surface area contributed by atoms with Gasteiger partial charge in [-0.25, -0.2) is 0 Å². The lowest BCUT2D eigenvalue weighted by atomic mass is 10.1. The van der Waals surface area contributed by atoms with Crippen molar-refractivity contribution >= 4 is 0 Å². The van der Waals surface area contributed by atoms with Gasteiger partial charge in [-0.15, -0.1) is 0 Å². The molecule has 0 aliphatic carbocycles. The van der Waals surface area contributed by atoms with Crippen molar-refractivity contribution in [1.29, 1.82) is 0 Å². The maximum absolute atomic E-state index is 9.87. The first-order valence-electron chi connectivity index (χ1n) is 4.89. The fourth-order valence-electron chi connectivity index (χ4n) is 1.48. The summed E-state index contributed by atoms with van der Waals surface area (Å²) in [6.07, 6.45) is 3.40. The zero-order valence-corrected chi connectivity index (χ0v) is 8.55. The molecule has 2 heterocycles. The first kappa shape index (κ1) is 9.93. The molecule has 1 unspecified atom stereocenters. The van der Waals surface area contributed by atoms with Gasteiger partial charge in [-0.05, 0) is 36.8 Å². The molecule has 1 N–H and O–H groups in total. The summed E-state index contributed by atoms with van der Waals surface area (Å²) in [7, 11) is 0. The standard InChI is InChI=1S/C12H13NO2/c1-9-2-3-12(15-9)11(14)8-10-4-6-13-7-5-10/h2-7,11,14H,8H2,1H3. The minimum absolute atomic E-state index is 0.551. The van der Waals surface area contributed by atoms with Gasteiger partial charge in [0.15, 0.2) is 0 Å². The van der Waals surface area contributed by atoms with Crippen molar-refractivity contribution < 1.29 is 9.52 Å². The maximum Gasteiger partial charge on any atom is 0.132 e. The van der Waals surface area contributed by atoms with E-state index in [-0.39, 0.29) is 0 Å². The number of aliphatic hydroxyl groups is 1. The van der Waals surface area contributed by atoms with Crippen molar-refractivity contribution in [2.75, 3.05) is 0 Å². The summed E-state index contributed by atoms with van der Waals surface area (Å²) >= 11 is 0. The maximum atomic E-state index is 9.87. The van der Waals surface area contributed by atoms with Crippen molar-refractivity contribution in [3.8, 4) is 0 Å². The molecule has 0 radical (unpaired) electrons. The predicted octanol–water partition coefficient (Wildman–Crippen LogP) is 2.26. The molecule has 0 aromatic carbocycles. The van der Waals surface area contributed by atoms with Crippen molar-refractivity contribution in [2.24, 2.45) is 0 Å². The highest BCUT2D eigenvalue weighted by atomic mass is 16.4. The highest BCUT2D eigenvalue weighted by Crippen LogP contribution is 2.19. The minimum Gasteiger partial charge on any atom is -0.464 e. The zero-order valence-electron chi connectivity index (χ0n) is 8.55. The second-order valence-corrected chi connectivity index (χ2v) is 3.52. The molecule has 3 heteroatoms. The van der Waals surface area contributed by atoms with Crippen molar-refractivity contribution in [3.63, 3.8) is 0 Å². The molecule has 3 nitrogen and oxygen atoms in total. The SMILES string of the molecule is Cc1ccc(C(O)Cc2ccncc2)o1. The topological polar surface area (TPSA) is 46.3 Å². The number of pyridine rings is 1. The number of aromatic nitrogens is 1. The van der Waals surface area contributed by atoms with Crippen LogP contribution in [-0.4, -0.2) is 10.1 Å². The van der Waals surface area contributed by atoms with Crippen LogP contribution in [-0.2, 0) is 6.42 Å². The number of rotatable bonds is 3. The van der Waals surface area contributed by atoms with E-state index in [1.54, 1.807) is 18.5 Å². The van der Waals surface area contributed by atoms with Crippen LogP contribution < -0.4 is 0 Å². The number of aliphatic hydroxyl groups excluding tert-OH is 1. The molecule has 2 rings (SSSR count). The Morgan fingerprint density at radius 3 is 2.60 bits per heavy atom. The predicted molar refractivity (Wildman–Crippen MR) is 56.3 cm³/mol. The summed E-state index contributed by atoms with van der Waals surface area (Å²) < 4.78 is 5.35. The summed E-state index contributed by atoms with van der Waals surface area (Å²) in [4.78, 5) is 3.92. The Hall–Kier alpha value is -1.61. The molecule has 0 aliphatic heterocycles. The molecular formula is C12H13NO2. The average Bonchev–Trinajstić information content (AvgIpc) is 2.66. The van der Waals surface area contributed by atoms with Crippen molar-refractivity contribution in [1.82, 2.24) is 4.98 Å². The molecule has 0 spiro atoms. The summed E-state index contributed by atoms with van der Waals surface area (Å²) in [5.74, 6) is 1.43. The van der Waals surface area contributed by atoms with E-state index in [9.17, 15) is 5.11 Å². The van der Waals surface area contributed by atoms with Crippen LogP contribution in [0, 0.1) is 6.92 Å². The molecular weight excluding hydrogens is 190 g/mol. The van der Waals surface area contributed by atoms with Gasteiger partial charge in [-0.3, -0.25) is 4.98 Å². The molecule has 78 valence electrons. The highest BCUT2D eigenvalue weighted by molar-refractivity contribution is 5.15. The van der Waals surface area contributed by atoms with Crippen LogP contribution in [0.3, 0.4) is 0 Å². The van der Waals surface area contributed by atoms with Gasteiger partial charge < -0.3 is 9.52 Å². The first-order valence-corrected chi connectivity index (χ1v) is 4.89. The minimum atomic E-state index is -0.582. The van der Waals surface area contributed by atoms with Crippen LogP contribution in [0.25, 0.3) is 0 Å². The fourth-order valence-corrected chi connectivity index (χ4v) is 1.48. The fraction of sp³-hybridized carbons (Fsp3) is 0.250. The van der Waals surface area contributed by atoms with Gasteiger partial charge >= 0.3 is 0 Å². The van der Waals surface area contributed by atoms with Crippen molar-refractivity contribution in [3.05, 3.63) is 53.7 Å². The zero-order chi connectivity index (χ0) is 10.7. The van der Waals surface area contributed by atoms with Crippen LogP contribution in [0.1, 0.15) is 23.2 Å². The molecule has 0 saturated heterocycles. The Kier molecular flexibility index (Phi) is 2.83. The van der Waals surface area contributed by atoms with Gasteiger partial charge in [-0.1, -0.05) is 0 Å². The quantitative estimate of drug-likeness (QED) is 0.832. The summed E-state index contributed by atoms with van der Waals surface area (Å²) in [6, 6.07) is 7.43. The molecule has 0 bridgehead atoms. The number of nitrogens with zero attached hydrogens (tertiary/aromatic N) is 1. The van der Waals surface area contributed by atoms with Gasteiger partial charge in [-0.2, -0.15) is 0 Å². The Balaban J connectivity index is 2.07. The summed E-state index contributed by atoms with van der Waals surface area (Å²) in [5.41, 5.74) is 1.05. The number of aryl methyl sites for hydroxylation is 1. The van der Waals surface area contributed by atoms with E-state index in [0.717, 1.165) is 11.3 Å². The second-order valence-electron chi connectivity index (χ2n) is 3.52. The van der Waals surface area contributed by atoms with E-state index in [1.165, 1.54) is 0 Å². The Labute approximate surface area is 88.4 Å². The van der Waals surface area contributed by atoms with Crippen LogP contribution in [0.15, 0.2) is 41.1 Å². The molecule has 0 saturated carbocycles. The molecule has 15 heavy (non-hydrogen) atoms. The Bertz CT molecular complexity index is 422. The van der Waals surface area contributed by atoms with Crippen LogP contribution in [0.5, 0.6) is 0 Å². The smallest absolute Gasteiger partial charge is 0.132 e. The molecule has 2 aromatic rings. The van der Waals surface area contributed by atoms with Gasteiger partial charge in [0.2, 0.25) is 0 Å².